The molecule has 1 N–H and O–H groups in total. The first kappa shape index (κ1) is 13.4. The van der Waals surface area contributed by atoms with Crippen LogP contribution in [-0.2, 0) is 9.53 Å². The fourth-order valence-corrected chi connectivity index (χ4v) is 1.27. The molecule has 0 bridgehead atoms. The van der Waals surface area contributed by atoms with Gasteiger partial charge in [0.2, 0.25) is 5.91 Å². The van der Waals surface area contributed by atoms with Crippen LogP contribution in [0, 0.1) is 5.92 Å². The van der Waals surface area contributed by atoms with Crippen LogP contribution in [0.3, 0.4) is 0 Å². The number of carbonyl (C=O) groups is 1. The van der Waals surface area contributed by atoms with E-state index in [0.29, 0.717) is 0 Å². The molecule has 0 fully saturated rings. The van der Waals surface area contributed by atoms with Gasteiger partial charge >= 0.3 is 0 Å². The molecule has 0 spiro atoms. The van der Waals surface area contributed by atoms with Crippen molar-refractivity contribution in [1.82, 2.24) is 5.32 Å². The predicted molar refractivity (Wildman–Crippen MR) is 58.2 cm³/mol. The van der Waals surface area contributed by atoms with Crippen LogP contribution in [0.4, 0.5) is 0 Å². The minimum atomic E-state index is 0.145. The topological polar surface area (TPSA) is 38.3 Å². The molecule has 0 saturated carbocycles. The van der Waals surface area contributed by atoms with Crippen molar-refractivity contribution >= 4 is 5.91 Å². The average molecular weight is 201 g/mol. The molecule has 0 aromatic rings. The molecule has 3 heteroatoms. The van der Waals surface area contributed by atoms with E-state index in [2.05, 4.69) is 12.2 Å². The number of carbonyl (C=O) groups excluding carboxylic acids is 1. The molecule has 0 heterocycles. The molecule has 0 radical (unpaired) electrons. The molecule has 0 aromatic heterocycles. The molecular weight excluding hydrogens is 178 g/mol. The normalized spacial score (nSPS) is 12.5. The number of nitrogens with one attached hydrogen (secondary N) is 1. The van der Waals surface area contributed by atoms with Crippen molar-refractivity contribution in [1.29, 1.82) is 0 Å². The summed E-state index contributed by atoms with van der Waals surface area (Å²) in [6, 6.07) is 0. The Bertz CT molecular complexity index is 148. The van der Waals surface area contributed by atoms with Gasteiger partial charge < -0.3 is 10.1 Å². The van der Waals surface area contributed by atoms with E-state index in [1.807, 2.05) is 13.8 Å². The van der Waals surface area contributed by atoms with Gasteiger partial charge in [0.1, 0.15) is 0 Å². The summed E-state index contributed by atoms with van der Waals surface area (Å²) in [5.74, 6) is 0.315. The van der Waals surface area contributed by atoms with Crippen molar-refractivity contribution in [2.75, 3.05) is 19.8 Å². The lowest BCUT2D eigenvalue weighted by molar-refractivity contribution is -0.124. The van der Waals surface area contributed by atoms with Gasteiger partial charge in [0.15, 0.2) is 0 Å². The van der Waals surface area contributed by atoms with Crippen LogP contribution < -0.4 is 5.32 Å². The minimum absolute atomic E-state index is 0.145. The van der Waals surface area contributed by atoms with Crippen molar-refractivity contribution < 1.29 is 9.53 Å². The second kappa shape index (κ2) is 9.00. The molecule has 0 unspecified atom stereocenters. The Hall–Kier alpha value is -0.570. The quantitative estimate of drug-likeness (QED) is 0.610. The summed E-state index contributed by atoms with van der Waals surface area (Å²) in [6.45, 7) is 8.26. The van der Waals surface area contributed by atoms with E-state index in [4.69, 9.17) is 4.74 Å². The van der Waals surface area contributed by atoms with E-state index < -0.39 is 0 Å². The Morgan fingerprint density at radius 2 is 2.14 bits per heavy atom. The highest BCUT2D eigenvalue weighted by Crippen LogP contribution is 2.04. The molecular formula is C11H23NO2. The summed E-state index contributed by atoms with van der Waals surface area (Å²) in [6.07, 6.45) is 2.93. The van der Waals surface area contributed by atoms with Crippen LogP contribution in [0.5, 0.6) is 0 Å². The Labute approximate surface area is 87.2 Å². The lowest BCUT2D eigenvalue weighted by Gasteiger charge is -2.10. The Balaban J connectivity index is 3.34. The van der Waals surface area contributed by atoms with Crippen LogP contribution in [0.15, 0.2) is 0 Å². The lowest BCUT2D eigenvalue weighted by atomic mass is 10.1. The van der Waals surface area contributed by atoms with Gasteiger partial charge in [-0.2, -0.15) is 0 Å². The molecule has 0 aliphatic rings. The molecule has 1 amide bonds. The van der Waals surface area contributed by atoms with Crippen molar-refractivity contribution in [3.63, 3.8) is 0 Å². The van der Waals surface area contributed by atoms with Crippen molar-refractivity contribution in [3.05, 3.63) is 0 Å². The van der Waals surface area contributed by atoms with Gasteiger partial charge in [-0.15, -0.1) is 0 Å². The summed E-state index contributed by atoms with van der Waals surface area (Å²) in [4.78, 5) is 11.4. The SMILES string of the molecule is CCC[C@@H](C)C(=O)NCCCOCC. The summed E-state index contributed by atoms with van der Waals surface area (Å²) in [5.41, 5.74) is 0. The third kappa shape index (κ3) is 6.89. The predicted octanol–water partition coefficient (Wildman–Crippen LogP) is 1.97. The number of hydrogen-bond donors (Lipinski definition) is 1. The maximum absolute atomic E-state index is 11.4. The van der Waals surface area contributed by atoms with Crippen LogP contribution >= 0.6 is 0 Å². The highest BCUT2D eigenvalue weighted by molar-refractivity contribution is 5.78. The highest BCUT2D eigenvalue weighted by Gasteiger charge is 2.09. The average Bonchev–Trinajstić information content (AvgIpc) is 2.17. The first-order valence-corrected chi connectivity index (χ1v) is 5.57. The fraction of sp³-hybridized carbons (Fsp3) is 0.909. The molecule has 0 aromatic carbocycles. The second-order valence-corrected chi connectivity index (χ2v) is 3.53. The highest BCUT2D eigenvalue weighted by atomic mass is 16.5. The standard InChI is InChI=1S/C11H23NO2/c1-4-7-10(3)11(13)12-8-6-9-14-5-2/h10H,4-9H2,1-3H3,(H,12,13)/t10-/m1/s1. The third-order valence-electron chi connectivity index (χ3n) is 2.14. The van der Waals surface area contributed by atoms with Crippen LogP contribution in [0.2, 0.25) is 0 Å². The van der Waals surface area contributed by atoms with Crippen LogP contribution in [0.1, 0.15) is 40.0 Å². The zero-order valence-corrected chi connectivity index (χ0v) is 9.64. The molecule has 0 rings (SSSR count). The first-order valence-electron chi connectivity index (χ1n) is 5.57. The van der Waals surface area contributed by atoms with E-state index in [1.54, 1.807) is 0 Å². The lowest BCUT2D eigenvalue weighted by Crippen LogP contribution is -2.30. The van der Waals surface area contributed by atoms with E-state index >= 15 is 0 Å². The van der Waals surface area contributed by atoms with Gasteiger partial charge in [-0.25, -0.2) is 0 Å². The van der Waals surface area contributed by atoms with Crippen molar-refractivity contribution in [2.24, 2.45) is 5.92 Å². The minimum Gasteiger partial charge on any atom is -0.382 e. The van der Waals surface area contributed by atoms with Crippen LogP contribution in [-0.4, -0.2) is 25.7 Å². The molecule has 1 atom stereocenters. The number of hydrogen-bond acceptors (Lipinski definition) is 2. The molecule has 0 saturated heterocycles. The Kier molecular flexibility index (Phi) is 8.64. The summed E-state index contributed by atoms with van der Waals surface area (Å²) in [7, 11) is 0. The summed E-state index contributed by atoms with van der Waals surface area (Å²) in [5, 5.41) is 2.91. The molecule has 84 valence electrons. The van der Waals surface area contributed by atoms with E-state index in [1.165, 1.54) is 0 Å². The number of rotatable bonds is 8. The second-order valence-electron chi connectivity index (χ2n) is 3.53. The first-order chi connectivity index (χ1) is 6.72. The molecule has 0 aliphatic carbocycles. The Morgan fingerprint density at radius 3 is 2.71 bits per heavy atom. The van der Waals surface area contributed by atoms with E-state index in [0.717, 1.165) is 39.0 Å². The molecule has 14 heavy (non-hydrogen) atoms. The summed E-state index contributed by atoms with van der Waals surface area (Å²) < 4.78 is 5.17. The van der Waals surface area contributed by atoms with E-state index in [-0.39, 0.29) is 11.8 Å². The van der Waals surface area contributed by atoms with Gasteiger partial charge in [0.05, 0.1) is 0 Å². The van der Waals surface area contributed by atoms with Gasteiger partial charge in [0.25, 0.3) is 0 Å². The van der Waals surface area contributed by atoms with Gasteiger partial charge in [-0.1, -0.05) is 20.3 Å². The monoisotopic (exact) mass is 201 g/mol. The Morgan fingerprint density at radius 1 is 1.43 bits per heavy atom. The van der Waals surface area contributed by atoms with Gasteiger partial charge in [0, 0.05) is 25.7 Å². The van der Waals surface area contributed by atoms with Crippen molar-refractivity contribution in [2.45, 2.75) is 40.0 Å². The van der Waals surface area contributed by atoms with Crippen LogP contribution in [0.25, 0.3) is 0 Å². The maximum Gasteiger partial charge on any atom is 0.222 e. The number of amides is 1. The zero-order chi connectivity index (χ0) is 10.8. The largest absolute Gasteiger partial charge is 0.382 e. The molecule has 3 nitrogen and oxygen atoms in total. The number of ether oxygens (including phenoxy) is 1. The zero-order valence-electron chi connectivity index (χ0n) is 9.64. The maximum atomic E-state index is 11.4. The van der Waals surface area contributed by atoms with Gasteiger partial charge in [-0.3, -0.25) is 4.79 Å². The fourth-order valence-electron chi connectivity index (χ4n) is 1.27. The summed E-state index contributed by atoms with van der Waals surface area (Å²) >= 11 is 0. The van der Waals surface area contributed by atoms with Crippen molar-refractivity contribution in [3.8, 4) is 0 Å². The third-order valence-corrected chi connectivity index (χ3v) is 2.14. The van der Waals surface area contributed by atoms with Gasteiger partial charge in [-0.05, 0) is 19.8 Å². The smallest absolute Gasteiger partial charge is 0.222 e. The molecule has 0 aliphatic heterocycles. The van der Waals surface area contributed by atoms with E-state index in [9.17, 15) is 4.79 Å².